The van der Waals surface area contributed by atoms with Gasteiger partial charge in [0.1, 0.15) is 23.9 Å². The highest BCUT2D eigenvalue weighted by atomic mass is 16.7. The van der Waals surface area contributed by atoms with Gasteiger partial charge in [0, 0.05) is 19.4 Å². The Kier molecular flexibility index (Phi) is 6.22. The first kappa shape index (κ1) is 20.0. The van der Waals surface area contributed by atoms with Crippen LogP contribution in [0.2, 0.25) is 0 Å². The predicted molar refractivity (Wildman–Crippen MR) is 102 cm³/mol. The normalized spacial score (nSPS) is 27.1. The fraction of sp³-hybridized carbons (Fsp3) is 0.632. The maximum absolute atomic E-state index is 10.0. The van der Waals surface area contributed by atoms with E-state index in [9.17, 15) is 10.2 Å². The van der Waals surface area contributed by atoms with Gasteiger partial charge in [-0.2, -0.15) is 5.10 Å². The van der Waals surface area contributed by atoms with Crippen LogP contribution in [0.1, 0.15) is 44.0 Å². The van der Waals surface area contributed by atoms with Gasteiger partial charge >= 0.3 is 0 Å². The number of anilines is 1. The molecule has 2 fully saturated rings. The largest absolute Gasteiger partial charge is 0.394 e. The Bertz CT molecular complexity index is 902. The van der Waals surface area contributed by atoms with Crippen LogP contribution in [0.3, 0.4) is 0 Å². The minimum absolute atomic E-state index is 0.139. The van der Waals surface area contributed by atoms with E-state index in [2.05, 4.69) is 26.9 Å². The number of aromatic nitrogens is 4. The first-order valence-corrected chi connectivity index (χ1v) is 9.82. The van der Waals surface area contributed by atoms with Crippen molar-refractivity contribution in [2.45, 2.75) is 56.8 Å². The topological polar surface area (TPSA) is 138 Å². The molecule has 10 heteroatoms. The van der Waals surface area contributed by atoms with Crippen molar-refractivity contribution in [1.29, 1.82) is 0 Å². The van der Waals surface area contributed by atoms with Crippen molar-refractivity contribution in [3.8, 4) is 11.8 Å². The molecule has 4 rings (SSSR count). The van der Waals surface area contributed by atoms with Crippen LogP contribution in [-0.4, -0.2) is 68.3 Å². The van der Waals surface area contributed by atoms with Gasteiger partial charge in [-0.15, -0.1) is 0 Å². The number of fused-ring (bicyclic) bond motifs is 1. The maximum Gasteiger partial charge on any atom is 0.167 e. The minimum Gasteiger partial charge on any atom is -0.394 e. The fourth-order valence-corrected chi connectivity index (χ4v) is 3.54. The van der Waals surface area contributed by atoms with Crippen molar-refractivity contribution in [3.63, 3.8) is 0 Å². The molecule has 4 atom stereocenters. The van der Waals surface area contributed by atoms with E-state index in [1.165, 1.54) is 6.33 Å². The number of aliphatic hydroxyl groups is 2. The maximum atomic E-state index is 10.0. The van der Waals surface area contributed by atoms with E-state index in [1.807, 2.05) is 0 Å². The summed E-state index contributed by atoms with van der Waals surface area (Å²) in [6.07, 6.45) is 3.12. The molecule has 4 N–H and O–H groups in total. The van der Waals surface area contributed by atoms with Gasteiger partial charge in [0.25, 0.3) is 0 Å². The van der Waals surface area contributed by atoms with Crippen LogP contribution in [0.15, 0.2) is 6.33 Å². The van der Waals surface area contributed by atoms with Crippen molar-refractivity contribution in [1.82, 2.24) is 19.7 Å². The van der Waals surface area contributed by atoms with Crippen LogP contribution in [-0.2, 0) is 14.2 Å². The van der Waals surface area contributed by atoms with Gasteiger partial charge in [0.05, 0.1) is 24.7 Å². The third kappa shape index (κ3) is 4.34. The molecule has 0 saturated carbocycles. The van der Waals surface area contributed by atoms with Gasteiger partial charge in [-0.3, -0.25) is 0 Å². The molecule has 2 aromatic heterocycles. The molecule has 0 spiro atoms. The summed E-state index contributed by atoms with van der Waals surface area (Å²) in [5.41, 5.74) is 6.95. The third-order valence-electron chi connectivity index (χ3n) is 5.05. The molecule has 29 heavy (non-hydrogen) atoms. The van der Waals surface area contributed by atoms with Crippen molar-refractivity contribution in [3.05, 3.63) is 12.0 Å². The van der Waals surface area contributed by atoms with Gasteiger partial charge in [0.2, 0.25) is 0 Å². The van der Waals surface area contributed by atoms with Crippen LogP contribution in [0, 0.1) is 11.8 Å². The molecule has 0 bridgehead atoms. The van der Waals surface area contributed by atoms with E-state index >= 15 is 0 Å². The van der Waals surface area contributed by atoms with E-state index in [4.69, 9.17) is 19.9 Å². The first-order chi connectivity index (χ1) is 14.2. The summed E-state index contributed by atoms with van der Waals surface area (Å²) in [7, 11) is 0. The van der Waals surface area contributed by atoms with Gasteiger partial charge in [-0.25, -0.2) is 14.6 Å². The SMILES string of the molecule is Nc1ncnc2c1c(C#CCCOC1CCCCO1)nn2[C@H]1C[C@H](O)[C@@H](CO)O1. The van der Waals surface area contributed by atoms with E-state index in [-0.39, 0.29) is 25.1 Å². The quantitative estimate of drug-likeness (QED) is 0.476. The first-order valence-electron chi connectivity index (χ1n) is 9.82. The zero-order valence-corrected chi connectivity index (χ0v) is 16.0. The molecule has 2 aromatic rings. The number of nitrogens with two attached hydrogens (primary N) is 1. The molecular formula is C19H25N5O5. The zero-order chi connectivity index (χ0) is 20.2. The summed E-state index contributed by atoms with van der Waals surface area (Å²) in [5, 5.41) is 24.4. The Balaban J connectivity index is 1.50. The van der Waals surface area contributed by atoms with E-state index in [0.717, 1.165) is 25.9 Å². The number of hydrogen-bond donors (Lipinski definition) is 3. The van der Waals surface area contributed by atoms with Crippen molar-refractivity contribution in [2.24, 2.45) is 0 Å². The highest BCUT2D eigenvalue weighted by Gasteiger charge is 2.36. The van der Waals surface area contributed by atoms with Gasteiger partial charge < -0.3 is 30.2 Å². The van der Waals surface area contributed by atoms with Crippen LogP contribution in [0.4, 0.5) is 5.82 Å². The lowest BCUT2D eigenvalue weighted by Crippen LogP contribution is -2.24. The minimum atomic E-state index is -0.780. The summed E-state index contributed by atoms with van der Waals surface area (Å²) >= 11 is 0. The Morgan fingerprint density at radius 1 is 1.34 bits per heavy atom. The average Bonchev–Trinajstić information content (AvgIpc) is 3.29. The highest BCUT2D eigenvalue weighted by Crippen LogP contribution is 2.32. The molecule has 0 radical (unpaired) electrons. The van der Waals surface area contributed by atoms with Crippen molar-refractivity contribution < 1.29 is 24.4 Å². The molecule has 1 unspecified atom stereocenters. The molecule has 156 valence electrons. The molecule has 0 aliphatic carbocycles. The number of rotatable bonds is 5. The third-order valence-corrected chi connectivity index (χ3v) is 5.05. The Morgan fingerprint density at radius 3 is 3.00 bits per heavy atom. The van der Waals surface area contributed by atoms with Gasteiger partial charge in [0.15, 0.2) is 18.2 Å². The number of nitrogen functional groups attached to an aromatic ring is 1. The van der Waals surface area contributed by atoms with Crippen LogP contribution in [0.25, 0.3) is 11.0 Å². The summed E-state index contributed by atoms with van der Waals surface area (Å²) in [4.78, 5) is 8.30. The smallest absolute Gasteiger partial charge is 0.167 e. The van der Waals surface area contributed by atoms with E-state index in [1.54, 1.807) is 4.68 Å². The number of aliphatic hydroxyl groups excluding tert-OH is 2. The predicted octanol–water partition coefficient (Wildman–Crippen LogP) is 0.334. The molecule has 4 heterocycles. The number of nitrogens with zero attached hydrogens (tertiary/aromatic N) is 4. The Labute approximate surface area is 168 Å². The van der Waals surface area contributed by atoms with Gasteiger partial charge in [-0.1, -0.05) is 5.92 Å². The van der Waals surface area contributed by atoms with Crippen LogP contribution < -0.4 is 5.73 Å². The molecule has 0 amide bonds. The van der Waals surface area contributed by atoms with E-state index < -0.39 is 18.4 Å². The Hall–Kier alpha value is -2.29. The lowest BCUT2D eigenvalue weighted by atomic mass is 10.2. The molecule has 10 nitrogen and oxygen atoms in total. The molecular weight excluding hydrogens is 378 g/mol. The summed E-state index contributed by atoms with van der Waals surface area (Å²) < 4.78 is 18.5. The molecule has 2 aliphatic rings. The molecule has 2 aliphatic heterocycles. The van der Waals surface area contributed by atoms with Crippen molar-refractivity contribution >= 4 is 16.9 Å². The van der Waals surface area contributed by atoms with Crippen molar-refractivity contribution in [2.75, 3.05) is 25.6 Å². The lowest BCUT2D eigenvalue weighted by molar-refractivity contribution is -0.161. The fourth-order valence-electron chi connectivity index (χ4n) is 3.54. The van der Waals surface area contributed by atoms with Crippen LogP contribution in [0.5, 0.6) is 0 Å². The van der Waals surface area contributed by atoms with E-state index in [0.29, 0.717) is 29.8 Å². The standard InChI is InChI=1S/C19H25N5O5/c20-18-17-12(5-1-3-7-27-16-6-2-4-8-28-16)23-24(19(17)22-11-21-18)15-9-13(26)14(10-25)29-15/h11,13-16,25-26H,2-4,6-10H2,(H2,20,21,22)/t13-,14+,15+,16?/m0/s1. The second-order valence-corrected chi connectivity index (χ2v) is 7.08. The highest BCUT2D eigenvalue weighted by molar-refractivity contribution is 5.90. The summed E-state index contributed by atoms with van der Waals surface area (Å²) in [6, 6.07) is 0. The second kappa shape index (κ2) is 9.02. The van der Waals surface area contributed by atoms with Gasteiger partial charge in [-0.05, 0) is 25.2 Å². The monoisotopic (exact) mass is 403 g/mol. The summed E-state index contributed by atoms with van der Waals surface area (Å²) in [5.74, 6) is 6.33. The molecule has 0 aromatic carbocycles. The molecule has 2 saturated heterocycles. The second-order valence-electron chi connectivity index (χ2n) is 7.08. The Morgan fingerprint density at radius 2 is 2.24 bits per heavy atom. The van der Waals surface area contributed by atoms with Crippen LogP contribution >= 0.6 is 0 Å². The summed E-state index contributed by atoms with van der Waals surface area (Å²) in [6.45, 7) is 0.942. The lowest BCUT2D eigenvalue weighted by Gasteiger charge is -2.22. The number of hydrogen-bond acceptors (Lipinski definition) is 9. The zero-order valence-electron chi connectivity index (χ0n) is 16.0. The average molecular weight is 403 g/mol. The number of ether oxygens (including phenoxy) is 3.